The van der Waals surface area contributed by atoms with Gasteiger partial charge < -0.3 is 19.3 Å². The molecule has 2 rings (SSSR count). The quantitative estimate of drug-likeness (QED) is 0.868. The molecule has 3 unspecified atom stereocenters. The lowest BCUT2D eigenvalue weighted by molar-refractivity contribution is 0.0572. The Hall–Kier alpha value is -1.30. The molecule has 1 aromatic rings. The van der Waals surface area contributed by atoms with Crippen molar-refractivity contribution < 1.29 is 19.3 Å². The van der Waals surface area contributed by atoms with E-state index < -0.39 is 6.10 Å². The number of ether oxygens (including phenoxy) is 3. The summed E-state index contributed by atoms with van der Waals surface area (Å²) < 4.78 is 16.1. The van der Waals surface area contributed by atoms with Crippen molar-refractivity contribution in [1.82, 2.24) is 4.90 Å². The maximum Gasteiger partial charge on any atom is 0.128 e. The highest BCUT2D eigenvalue weighted by Crippen LogP contribution is 2.30. The molecule has 1 saturated heterocycles. The molecule has 0 saturated carbocycles. The van der Waals surface area contributed by atoms with E-state index in [-0.39, 0.29) is 6.10 Å². The van der Waals surface area contributed by atoms with E-state index in [0.717, 1.165) is 18.6 Å². The Labute approximate surface area is 126 Å². The molecular weight excluding hydrogens is 270 g/mol. The average Bonchev–Trinajstić information content (AvgIpc) is 2.92. The van der Waals surface area contributed by atoms with E-state index in [2.05, 4.69) is 11.8 Å². The minimum absolute atomic E-state index is 0.208. The van der Waals surface area contributed by atoms with Crippen molar-refractivity contribution in [2.45, 2.75) is 31.6 Å². The first-order valence-electron chi connectivity index (χ1n) is 7.28. The Kier molecular flexibility index (Phi) is 5.45. The van der Waals surface area contributed by atoms with Gasteiger partial charge in [0.25, 0.3) is 0 Å². The number of benzene rings is 1. The molecule has 0 amide bonds. The van der Waals surface area contributed by atoms with Crippen molar-refractivity contribution in [2.75, 3.05) is 34.4 Å². The highest BCUT2D eigenvalue weighted by Gasteiger charge is 2.29. The van der Waals surface area contributed by atoms with E-state index in [4.69, 9.17) is 14.2 Å². The van der Waals surface area contributed by atoms with Crippen LogP contribution in [0.15, 0.2) is 18.2 Å². The number of aliphatic hydroxyl groups is 1. The van der Waals surface area contributed by atoms with Gasteiger partial charge in [-0.15, -0.1) is 0 Å². The second kappa shape index (κ2) is 7.11. The highest BCUT2D eigenvalue weighted by atomic mass is 16.5. The van der Waals surface area contributed by atoms with Gasteiger partial charge in [0.15, 0.2) is 0 Å². The van der Waals surface area contributed by atoms with Gasteiger partial charge in [-0.3, -0.25) is 4.90 Å². The molecule has 0 radical (unpaired) electrons. The van der Waals surface area contributed by atoms with Crippen LogP contribution in [0.1, 0.15) is 25.0 Å². The Morgan fingerprint density at radius 2 is 2.14 bits per heavy atom. The molecule has 0 aromatic heterocycles. The SMILES string of the molecule is COc1ccc(C(O)CN(C)C2CCOC2C)c(OC)c1. The van der Waals surface area contributed by atoms with E-state index in [1.54, 1.807) is 20.3 Å². The third-order valence-electron chi connectivity index (χ3n) is 4.16. The van der Waals surface area contributed by atoms with Crippen LogP contribution in [0.3, 0.4) is 0 Å². The summed E-state index contributed by atoms with van der Waals surface area (Å²) in [6.07, 6.45) is 0.605. The van der Waals surface area contributed by atoms with Gasteiger partial charge in [-0.25, -0.2) is 0 Å². The Morgan fingerprint density at radius 3 is 2.71 bits per heavy atom. The Morgan fingerprint density at radius 1 is 1.38 bits per heavy atom. The number of nitrogens with zero attached hydrogens (tertiary/aromatic N) is 1. The van der Waals surface area contributed by atoms with Gasteiger partial charge in [0.1, 0.15) is 11.5 Å². The van der Waals surface area contributed by atoms with Crippen LogP contribution in [0.4, 0.5) is 0 Å². The fourth-order valence-electron chi connectivity index (χ4n) is 2.90. The fourth-order valence-corrected chi connectivity index (χ4v) is 2.90. The molecule has 0 bridgehead atoms. The van der Waals surface area contributed by atoms with Crippen LogP contribution in [0.25, 0.3) is 0 Å². The van der Waals surface area contributed by atoms with E-state index in [1.807, 2.05) is 19.2 Å². The molecule has 3 atom stereocenters. The topological polar surface area (TPSA) is 51.2 Å². The van der Waals surface area contributed by atoms with E-state index in [1.165, 1.54) is 0 Å². The zero-order valence-corrected chi connectivity index (χ0v) is 13.2. The van der Waals surface area contributed by atoms with Crippen LogP contribution in [-0.2, 0) is 4.74 Å². The Balaban J connectivity index is 2.07. The van der Waals surface area contributed by atoms with E-state index in [0.29, 0.717) is 24.1 Å². The summed E-state index contributed by atoms with van der Waals surface area (Å²) in [5.74, 6) is 1.36. The summed E-state index contributed by atoms with van der Waals surface area (Å²) in [6.45, 7) is 3.41. The summed E-state index contributed by atoms with van der Waals surface area (Å²) >= 11 is 0. The first-order chi connectivity index (χ1) is 10.1. The maximum atomic E-state index is 10.5. The Bertz CT molecular complexity index is 466. The molecule has 0 spiro atoms. The largest absolute Gasteiger partial charge is 0.497 e. The predicted molar refractivity (Wildman–Crippen MR) is 81.0 cm³/mol. The maximum absolute atomic E-state index is 10.5. The second-order valence-electron chi connectivity index (χ2n) is 5.50. The monoisotopic (exact) mass is 295 g/mol. The number of hydrogen-bond acceptors (Lipinski definition) is 5. The molecule has 0 aliphatic carbocycles. The van der Waals surface area contributed by atoms with Crippen LogP contribution < -0.4 is 9.47 Å². The lowest BCUT2D eigenvalue weighted by Gasteiger charge is -2.29. The molecule has 1 fully saturated rings. The van der Waals surface area contributed by atoms with Crippen molar-refractivity contribution >= 4 is 0 Å². The highest BCUT2D eigenvalue weighted by molar-refractivity contribution is 5.42. The van der Waals surface area contributed by atoms with Crippen molar-refractivity contribution in [3.8, 4) is 11.5 Å². The number of hydrogen-bond donors (Lipinski definition) is 1. The van der Waals surface area contributed by atoms with Gasteiger partial charge in [-0.2, -0.15) is 0 Å². The second-order valence-corrected chi connectivity index (χ2v) is 5.50. The first kappa shape index (κ1) is 16.1. The summed E-state index contributed by atoms with van der Waals surface area (Å²) in [7, 11) is 5.23. The smallest absolute Gasteiger partial charge is 0.128 e. The van der Waals surface area contributed by atoms with Gasteiger partial charge in [0.05, 0.1) is 26.4 Å². The molecule has 118 valence electrons. The van der Waals surface area contributed by atoms with Gasteiger partial charge in [0, 0.05) is 30.8 Å². The van der Waals surface area contributed by atoms with Crippen LogP contribution >= 0.6 is 0 Å². The molecule has 1 aliphatic rings. The third-order valence-corrected chi connectivity index (χ3v) is 4.16. The standard InChI is InChI=1S/C16H25NO4/c1-11-14(7-8-21-11)17(2)10-15(18)13-6-5-12(19-3)9-16(13)20-4/h5-6,9,11,14-15,18H,7-8,10H2,1-4H3. The molecule has 5 heteroatoms. The van der Waals surface area contributed by atoms with Crippen molar-refractivity contribution in [2.24, 2.45) is 0 Å². The van der Waals surface area contributed by atoms with Crippen LogP contribution in [0.5, 0.6) is 11.5 Å². The molecule has 5 nitrogen and oxygen atoms in total. The summed E-state index contributed by atoms with van der Waals surface area (Å²) in [5, 5.41) is 10.5. The minimum Gasteiger partial charge on any atom is -0.497 e. The molecular formula is C16H25NO4. The zero-order chi connectivity index (χ0) is 15.4. The van der Waals surface area contributed by atoms with Gasteiger partial charge in [0.2, 0.25) is 0 Å². The molecule has 1 heterocycles. The van der Waals surface area contributed by atoms with Crippen molar-refractivity contribution in [3.05, 3.63) is 23.8 Å². The minimum atomic E-state index is -0.608. The van der Waals surface area contributed by atoms with Gasteiger partial charge in [-0.05, 0) is 32.5 Å². The number of methoxy groups -OCH3 is 2. The molecule has 21 heavy (non-hydrogen) atoms. The van der Waals surface area contributed by atoms with Crippen molar-refractivity contribution in [3.63, 3.8) is 0 Å². The summed E-state index contributed by atoms with van der Waals surface area (Å²) in [4.78, 5) is 2.16. The van der Waals surface area contributed by atoms with Crippen LogP contribution in [-0.4, -0.2) is 56.6 Å². The fraction of sp³-hybridized carbons (Fsp3) is 0.625. The van der Waals surface area contributed by atoms with E-state index >= 15 is 0 Å². The predicted octanol–water partition coefficient (Wildman–Crippen LogP) is 1.85. The van der Waals surface area contributed by atoms with Gasteiger partial charge >= 0.3 is 0 Å². The molecule has 1 aromatic carbocycles. The zero-order valence-electron chi connectivity index (χ0n) is 13.2. The summed E-state index contributed by atoms with van der Waals surface area (Å²) in [6, 6.07) is 5.83. The number of aliphatic hydroxyl groups excluding tert-OH is 1. The summed E-state index contributed by atoms with van der Waals surface area (Å²) in [5.41, 5.74) is 0.775. The number of rotatable bonds is 6. The first-order valence-corrected chi connectivity index (χ1v) is 7.28. The lowest BCUT2D eigenvalue weighted by Crippen LogP contribution is -2.39. The van der Waals surface area contributed by atoms with Crippen molar-refractivity contribution in [1.29, 1.82) is 0 Å². The lowest BCUT2D eigenvalue weighted by atomic mass is 10.1. The average molecular weight is 295 g/mol. The third kappa shape index (κ3) is 3.67. The van der Waals surface area contributed by atoms with E-state index in [9.17, 15) is 5.11 Å². The normalized spacial score (nSPS) is 23.3. The van der Waals surface area contributed by atoms with Gasteiger partial charge in [-0.1, -0.05) is 0 Å². The van der Waals surface area contributed by atoms with Crippen LogP contribution in [0, 0.1) is 0 Å². The molecule has 1 N–H and O–H groups in total. The molecule has 1 aliphatic heterocycles. The van der Waals surface area contributed by atoms with Crippen LogP contribution in [0.2, 0.25) is 0 Å². The number of likely N-dealkylation sites (N-methyl/N-ethyl adjacent to an activating group) is 1.